The number of aromatic hydroxyl groups is 1. The van der Waals surface area contributed by atoms with E-state index < -0.39 is 5.97 Å². The van der Waals surface area contributed by atoms with Crippen molar-refractivity contribution in [2.75, 3.05) is 0 Å². The van der Waals surface area contributed by atoms with Gasteiger partial charge in [-0.25, -0.2) is 9.78 Å². The van der Waals surface area contributed by atoms with Gasteiger partial charge in [0.05, 0.1) is 25.6 Å². The molecule has 1 aliphatic heterocycles. The van der Waals surface area contributed by atoms with Gasteiger partial charge in [-0.3, -0.25) is 0 Å². The van der Waals surface area contributed by atoms with Gasteiger partial charge in [-0.2, -0.15) is 9.78 Å². The normalized spacial score (nSPS) is 14.8. The van der Waals surface area contributed by atoms with Crippen LogP contribution in [0.3, 0.4) is 0 Å². The molecule has 0 saturated carbocycles. The van der Waals surface area contributed by atoms with Crippen molar-refractivity contribution in [2.24, 2.45) is 0 Å². The average molecular weight is 518 g/mol. The van der Waals surface area contributed by atoms with Gasteiger partial charge in [0.15, 0.2) is 5.69 Å². The van der Waals surface area contributed by atoms with Crippen LogP contribution in [-0.2, 0) is 0 Å². The number of phenols is 1. The number of fused-ring (bicyclic) bond motifs is 3. The number of aryl methyl sites for hydroxylation is 2. The van der Waals surface area contributed by atoms with Crippen LogP contribution < -0.4 is 0 Å². The lowest BCUT2D eigenvalue weighted by molar-refractivity contribution is 0.0688. The highest BCUT2D eigenvalue weighted by Gasteiger charge is 2.31. The van der Waals surface area contributed by atoms with Crippen LogP contribution in [0.1, 0.15) is 39.5 Å². The number of hydrogen-bond donors (Lipinski definition) is 2. The van der Waals surface area contributed by atoms with Crippen LogP contribution in [-0.4, -0.2) is 30.9 Å². The first-order chi connectivity index (χ1) is 15.6. The molecule has 2 N–H and O–H groups in total. The van der Waals surface area contributed by atoms with Crippen LogP contribution in [0.2, 0.25) is 10.0 Å². The Morgan fingerprint density at radius 3 is 2.55 bits per heavy atom. The van der Waals surface area contributed by atoms with Crippen LogP contribution in [0.4, 0.5) is 0 Å². The molecule has 10 heteroatoms. The van der Waals surface area contributed by atoms with Crippen molar-refractivity contribution in [1.82, 2.24) is 14.8 Å². The first-order valence-electron chi connectivity index (χ1n) is 9.95. The number of carbonyl (C=O) groups is 1. The number of hydrogen-bond acceptors (Lipinski definition) is 6. The number of aromatic nitrogens is 3. The lowest BCUT2D eigenvalue weighted by Crippen LogP contribution is -2.09. The molecular formula is C23H17Cl2N3O3S2. The number of carboxylic acid groups (broad SMARTS) is 1. The van der Waals surface area contributed by atoms with Crippen molar-refractivity contribution in [3.63, 3.8) is 0 Å². The van der Waals surface area contributed by atoms with Crippen molar-refractivity contribution >= 4 is 52.3 Å². The number of aromatic carboxylic acids is 1. The van der Waals surface area contributed by atoms with Crippen molar-refractivity contribution in [3.05, 3.63) is 62.9 Å². The van der Waals surface area contributed by atoms with Crippen LogP contribution in [0.15, 0.2) is 34.5 Å². The van der Waals surface area contributed by atoms with E-state index >= 15 is 0 Å². The molecule has 0 radical (unpaired) electrons. The van der Waals surface area contributed by atoms with Gasteiger partial charge in [0.1, 0.15) is 5.75 Å². The van der Waals surface area contributed by atoms with E-state index in [9.17, 15) is 15.0 Å². The largest absolute Gasteiger partial charge is 0.508 e. The van der Waals surface area contributed by atoms with Crippen LogP contribution in [0.25, 0.3) is 27.5 Å². The maximum atomic E-state index is 12.4. The molecule has 33 heavy (non-hydrogen) atoms. The Morgan fingerprint density at radius 1 is 1.12 bits per heavy atom. The van der Waals surface area contributed by atoms with Gasteiger partial charge in [-0.1, -0.05) is 40.6 Å². The third-order valence-electron chi connectivity index (χ3n) is 5.45. The van der Waals surface area contributed by atoms with Gasteiger partial charge in [0.2, 0.25) is 5.13 Å². The molecule has 0 amide bonds. The Kier molecular flexibility index (Phi) is 5.44. The Hall–Kier alpha value is -2.52. The summed E-state index contributed by atoms with van der Waals surface area (Å²) in [6.07, 6.45) is 0. The minimum Gasteiger partial charge on any atom is -0.508 e. The Balaban J connectivity index is 1.71. The van der Waals surface area contributed by atoms with E-state index in [0.29, 0.717) is 32.0 Å². The van der Waals surface area contributed by atoms with Crippen molar-refractivity contribution < 1.29 is 15.0 Å². The second-order valence-corrected chi connectivity index (χ2v) is 11.2. The summed E-state index contributed by atoms with van der Waals surface area (Å²) in [6, 6.07) is 8.66. The number of halogens is 2. The fraction of sp³-hybridized carbons (Fsp3) is 0.174. The molecule has 6 nitrogen and oxygen atoms in total. The van der Waals surface area contributed by atoms with E-state index in [-0.39, 0.29) is 16.7 Å². The molecule has 5 rings (SSSR count). The number of nitrogens with zero attached hydrogens (tertiary/aromatic N) is 3. The van der Waals surface area contributed by atoms with E-state index in [2.05, 4.69) is 12.0 Å². The van der Waals surface area contributed by atoms with Gasteiger partial charge in [-0.15, -0.1) is 11.8 Å². The van der Waals surface area contributed by atoms with Crippen LogP contribution >= 0.6 is 46.3 Å². The van der Waals surface area contributed by atoms with Gasteiger partial charge < -0.3 is 10.2 Å². The SMILES string of the molecule is Cc1cc(O)cc(-c2c(C)nn(-c3nc4c(s3)SC(C)c3cc(Cl)c(Cl)cc3-4)c2C(=O)O)c1. The Labute approximate surface area is 207 Å². The summed E-state index contributed by atoms with van der Waals surface area (Å²) in [5, 5.41) is 26.2. The smallest absolute Gasteiger partial charge is 0.355 e. The number of benzene rings is 2. The second kappa shape index (κ2) is 8.06. The van der Waals surface area contributed by atoms with Crippen molar-refractivity contribution in [2.45, 2.75) is 30.2 Å². The number of rotatable bonds is 3. The summed E-state index contributed by atoms with van der Waals surface area (Å²) >= 11 is 15.6. The molecule has 2 aromatic heterocycles. The van der Waals surface area contributed by atoms with E-state index in [0.717, 1.165) is 26.6 Å². The number of thioether (sulfide) groups is 1. The summed E-state index contributed by atoms with van der Waals surface area (Å²) in [5.41, 5.74) is 5.04. The van der Waals surface area contributed by atoms with Crippen molar-refractivity contribution in [3.8, 4) is 33.3 Å². The van der Waals surface area contributed by atoms with E-state index in [1.807, 2.05) is 25.1 Å². The zero-order valence-corrected chi connectivity index (χ0v) is 20.8. The third kappa shape index (κ3) is 3.71. The summed E-state index contributed by atoms with van der Waals surface area (Å²) < 4.78 is 2.33. The topological polar surface area (TPSA) is 88.2 Å². The summed E-state index contributed by atoms with van der Waals surface area (Å²) in [5.74, 6) is -1.06. The lowest BCUT2D eigenvalue weighted by Gasteiger charge is -2.21. The quantitative estimate of drug-likeness (QED) is 0.299. The molecule has 1 aliphatic rings. The lowest BCUT2D eigenvalue weighted by atomic mass is 10.0. The minimum absolute atomic E-state index is 0.00370. The second-order valence-electron chi connectivity index (χ2n) is 7.83. The highest BCUT2D eigenvalue weighted by atomic mass is 35.5. The summed E-state index contributed by atoms with van der Waals surface area (Å²) in [4.78, 5) is 17.1. The minimum atomic E-state index is -1.13. The maximum absolute atomic E-state index is 12.4. The van der Waals surface area contributed by atoms with E-state index in [1.54, 1.807) is 30.8 Å². The molecule has 1 atom stereocenters. The standard InChI is InChI=1S/C23H17Cl2N3O3S2/c1-9-4-12(6-13(29)5-9)18-10(2)27-28(20(18)21(30)31)23-26-19-15-8-17(25)16(24)7-14(15)11(3)32-22(19)33-23/h4-8,11,29H,1-3H3,(H,30,31). The molecule has 0 saturated heterocycles. The zero-order chi connectivity index (χ0) is 23.6. The molecule has 2 aromatic carbocycles. The predicted octanol–water partition coefficient (Wildman–Crippen LogP) is 7.16. The molecule has 0 bridgehead atoms. The van der Waals surface area contributed by atoms with Gasteiger partial charge in [0.25, 0.3) is 0 Å². The van der Waals surface area contributed by atoms with Gasteiger partial charge >= 0.3 is 5.97 Å². The number of carboxylic acids is 1. The predicted molar refractivity (Wildman–Crippen MR) is 132 cm³/mol. The van der Waals surface area contributed by atoms with E-state index in [1.165, 1.54) is 16.0 Å². The Morgan fingerprint density at radius 2 is 1.85 bits per heavy atom. The molecule has 0 aliphatic carbocycles. The maximum Gasteiger partial charge on any atom is 0.355 e. The van der Waals surface area contributed by atoms with Crippen molar-refractivity contribution in [1.29, 1.82) is 0 Å². The number of thiazole rings is 1. The highest BCUT2D eigenvalue weighted by Crippen LogP contribution is 2.53. The summed E-state index contributed by atoms with van der Waals surface area (Å²) in [6.45, 7) is 5.67. The number of phenolic OH excluding ortho intramolecular Hbond substituents is 1. The van der Waals surface area contributed by atoms with E-state index in [4.69, 9.17) is 28.2 Å². The average Bonchev–Trinajstić information content (AvgIpc) is 3.29. The summed E-state index contributed by atoms with van der Waals surface area (Å²) in [7, 11) is 0. The molecule has 168 valence electrons. The first kappa shape index (κ1) is 22.3. The molecule has 1 unspecified atom stereocenters. The fourth-order valence-corrected chi connectivity index (χ4v) is 6.95. The molecule has 0 spiro atoms. The van der Waals surface area contributed by atoms with Gasteiger partial charge in [0, 0.05) is 16.4 Å². The zero-order valence-electron chi connectivity index (χ0n) is 17.7. The monoisotopic (exact) mass is 517 g/mol. The fourth-order valence-electron chi connectivity index (χ4n) is 4.08. The van der Waals surface area contributed by atoms with Crippen LogP contribution in [0.5, 0.6) is 5.75 Å². The molecule has 0 fully saturated rings. The Bertz CT molecular complexity index is 1440. The highest BCUT2D eigenvalue weighted by molar-refractivity contribution is 8.01. The molecule has 3 heterocycles. The first-order valence-corrected chi connectivity index (χ1v) is 12.4. The molecular weight excluding hydrogens is 501 g/mol. The van der Waals surface area contributed by atoms with Gasteiger partial charge in [-0.05, 0) is 61.7 Å². The molecule has 4 aromatic rings. The third-order valence-corrected chi connectivity index (χ3v) is 8.55. The van der Waals surface area contributed by atoms with Crippen LogP contribution in [0, 0.1) is 13.8 Å².